The van der Waals surface area contributed by atoms with Crippen LogP contribution < -0.4 is 5.32 Å². The average Bonchev–Trinajstić information content (AvgIpc) is 3.11. The normalized spacial score (nSPS) is 18.7. The van der Waals surface area contributed by atoms with Gasteiger partial charge in [-0.05, 0) is 24.3 Å². The number of nitrogens with one attached hydrogen (secondary N) is 1. The van der Waals surface area contributed by atoms with Crippen molar-refractivity contribution in [2.24, 2.45) is 5.16 Å². The monoisotopic (exact) mass is 484 g/mol. The lowest BCUT2D eigenvalue weighted by atomic mass is 9.86. The summed E-state index contributed by atoms with van der Waals surface area (Å²) in [4.78, 5) is 15.5. The number of rotatable bonds is 4. The smallest absolute Gasteiger partial charge is 0.435 e. The maximum Gasteiger partial charge on any atom is 0.435 e. The Labute approximate surface area is 182 Å². The van der Waals surface area contributed by atoms with Crippen LogP contribution in [0.3, 0.4) is 0 Å². The van der Waals surface area contributed by atoms with Crippen LogP contribution in [-0.2, 0) is 17.0 Å². The second-order valence-corrected chi connectivity index (χ2v) is 7.54. The van der Waals surface area contributed by atoms with Crippen molar-refractivity contribution >= 4 is 46.6 Å². The van der Waals surface area contributed by atoms with Crippen LogP contribution in [0.1, 0.15) is 23.1 Å². The lowest BCUT2D eigenvalue weighted by Gasteiger charge is -2.30. The summed E-state index contributed by atoms with van der Waals surface area (Å²) in [6.45, 7) is -0.379. The van der Waals surface area contributed by atoms with Crippen LogP contribution in [0.2, 0.25) is 15.1 Å². The first-order valence-electron chi connectivity index (χ1n) is 8.17. The van der Waals surface area contributed by atoms with Gasteiger partial charge in [0.15, 0.2) is 0 Å². The summed E-state index contributed by atoms with van der Waals surface area (Å²) in [5.74, 6) is -0.731. The summed E-state index contributed by atoms with van der Waals surface area (Å²) in [7, 11) is 0. The molecule has 1 aliphatic rings. The maximum absolute atomic E-state index is 14.1. The van der Waals surface area contributed by atoms with Crippen molar-refractivity contribution in [3.05, 3.63) is 67.9 Å². The molecule has 0 aliphatic carbocycles. The zero-order valence-electron chi connectivity index (χ0n) is 14.7. The van der Waals surface area contributed by atoms with Gasteiger partial charge < -0.3 is 15.3 Å². The molecule has 0 bridgehead atoms. The highest BCUT2D eigenvalue weighted by Crippen LogP contribution is 2.50. The van der Waals surface area contributed by atoms with E-state index in [-0.39, 0.29) is 38.5 Å². The molecule has 1 amide bonds. The Kier molecular flexibility index (Phi) is 6.08. The third-order valence-electron chi connectivity index (χ3n) is 4.45. The first-order valence-corrected chi connectivity index (χ1v) is 9.30. The largest absolute Gasteiger partial charge is 0.465 e. The van der Waals surface area contributed by atoms with Crippen molar-refractivity contribution < 1.29 is 32.3 Å². The Morgan fingerprint density at radius 1 is 1.20 bits per heavy atom. The molecule has 2 aromatic rings. The predicted molar refractivity (Wildman–Crippen MR) is 103 cm³/mol. The zero-order chi connectivity index (χ0) is 22.3. The molecule has 5 nitrogen and oxygen atoms in total. The third kappa shape index (κ3) is 4.14. The summed E-state index contributed by atoms with van der Waals surface area (Å²) in [6, 6.07) is 5.40. The number of amides is 1. The van der Waals surface area contributed by atoms with Gasteiger partial charge in [-0.25, -0.2) is 9.18 Å². The third-order valence-corrected chi connectivity index (χ3v) is 5.64. The van der Waals surface area contributed by atoms with Crippen molar-refractivity contribution in [1.29, 1.82) is 0 Å². The van der Waals surface area contributed by atoms with Crippen molar-refractivity contribution in [1.82, 2.24) is 5.32 Å². The van der Waals surface area contributed by atoms with Crippen LogP contribution in [0.15, 0.2) is 35.5 Å². The Morgan fingerprint density at radius 2 is 1.83 bits per heavy atom. The number of carboxylic acid groups (broad SMARTS) is 1. The second-order valence-electron chi connectivity index (χ2n) is 6.35. The van der Waals surface area contributed by atoms with E-state index < -0.39 is 35.7 Å². The fraction of sp³-hybridized carbons (Fsp3) is 0.222. The fourth-order valence-corrected chi connectivity index (χ4v) is 3.50. The van der Waals surface area contributed by atoms with Gasteiger partial charge in [0.1, 0.15) is 5.82 Å². The first-order chi connectivity index (χ1) is 13.9. The molecule has 1 aliphatic heterocycles. The topological polar surface area (TPSA) is 70.9 Å². The number of halogens is 7. The lowest BCUT2D eigenvalue weighted by molar-refractivity contribution is -0.275. The number of oxime groups is 1. The molecule has 3 rings (SSSR count). The lowest BCUT2D eigenvalue weighted by Crippen LogP contribution is -2.42. The van der Waals surface area contributed by atoms with E-state index in [0.717, 1.165) is 18.2 Å². The van der Waals surface area contributed by atoms with E-state index >= 15 is 0 Å². The van der Waals surface area contributed by atoms with Crippen LogP contribution in [0.5, 0.6) is 0 Å². The molecule has 2 N–H and O–H groups in total. The Bertz CT molecular complexity index is 1020. The summed E-state index contributed by atoms with van der Waals surface area (Å²) in [5, 5.41) is 13.7. The number of alkyl halides is 3. The predicted octanol–water partition coefficient (Wildman–Crippen LogP) is 6.14. The molecule has 160 valence electrons. The molecule has 0 radical (unpaired) electrons. The first kappa shape index (κ1) is 22.5. The molecular weight excluding hydrogens is 475 g/mol. The van der Waals surface area contributed by atoms with E-state index in [2.05, 4.69) is 5.16 Å². The highest BCUT2D eigenvalue weighted by molar-refractivity contribution is 6.48. The molecule has 0 aromatic heterocycles. The van der Waals surface area contributed by atoms with Crippen molar-refractivity contribution in [2.45, 2.75) is 24.7 Å². The zero-order valence-corrected chi connectivity index (χ0v) is 16.9. The van der Waals surface area contributed by atoms with E-state index in [4.69, 9.17) is 44.7 Å². The summed E-state index contributed by atoms with van der Waals surface area (Å²) < 4.78 is 56.1. The van der Waals surface area contributed by atoms with E-state index in [1.807, 2.05) is 5.32 Å². The van der Waals surface area contributed by atoms with Gasteiger partial charge in [0.05, 0.1) is 20.8 Å². The Balaban J connectivity index is 1.99. The highest BCUT2D eigenvalue weighted by atomic mass is 35.5. The molecule has 12 heteroatoms. The van der Waals surface area contributed by atoms with Gasteiger partial charge in [-0.2, -0.15) is 13.2 Å². The van der Waals surface area contributed by atoms with Gasteiger partial charge in [0, 0.05) is 29.7 Å². The maximum atomic E-state index is 14.1. The minimum Gasteiger partial charge on any atom is -0.465 e. The van der Waals surface area contributed by atoms with Gasteiger partial charge in [-0.1, -0.05) is 46.0 Å². The quantitative estimate of drug-likeness (QED) is 0.404. The molecule has 1 unspecified atom stereocenters. The summed E-state index contributed by atoms with van der Waals surface area (Å²) >= 11 is 17.6. The van der Waals surface area contributed by atoms with Crippen LogP contribution >= 0.6 is 34.8 Å². The number of carbonyl (C=O) groups is 1. The molecule has 2 aromatic carbocycles. The van der Waals surface area contributed by atoms with Crippen LogP contribution in [0.4, 0.5) is 22.4 Å². The van der Waals surface area contributed by atoms with Crippen LogP contribution in [0, 0.1) is 5.82 Å². The van der Waals surface area contributed by atoms with Gasteiger partial charge in [0.25, 0.3) is 5.60 Å². The van der Waals surface area contributed by atoms with Crippen molar-refractivity contribution in [2.75, 3.05) is 0 Å². The van der Waals surface area contributed by atoms with E-state index in [1.54, 1.807) is 0 Å². The Morgan fingerprint density at radius 3 is 2.40 bits per heavy atom. The van der Waals surface area contributed by atoms with Crippen molar-refractivity contribution in [3.8, 4) is 0 Å². The van der Waals surface area contributed by atoms with Crippen LogP contribution in [0.25, 0.3) is 0 Å². The molecule has 0 saturated carbocycles. The SMILES string of the molecule is O=C(O)NCc1cc(C2=NOC(c3cc(Cl)c(Cl)c(Cl)c3)(C(F)(F)F)C2)ccc1F. The standard InChI is InChI=1S/C18H11Cl3F4N2O3/c19-11-4-10(5-12(20)15(11)21)17(18(23,24)25)6-14(27-30-17)8-1-2-13(22)9(3-8)7-26-16(28)29/h1-5,26H,6-7H2,(H,28,29). The number of hydrogen-bond acceptors (Lipinski definition) is 3. The molecule has 0 saturated heterocycles. The average molecular weight is 486 g/mol. The van der Waals surface area contributed by atoms with E-state index in [9.17, 15) is 22.4 Å². The molecule has 1 heterocycles. The van der Waals surface area contributed by atoms with Crippen LogP contribution in [-0.4, -0.2) is 23.1 Å². The van der Waals surface area contributed by atoms with Crippen molar-refractivity contribution in [3.63, 3.8) is 0 Å². The molecule has 0 fully saturated rings. The molecule has 0 spiro atoms. The minimum absolute atomic E-state index is 0.0697. The number of nitrogens with zero attached hydrogens (tertiary/aromatic N) is 1. The second kappa shape index (κ2) is 8.13. The highest BCUT2D eigenvalue weighted by Gasteiger charge is 2.62. The fourth-order valence-electron chi connectivity index (χ4n) is 2.91. The van der Waals surface area contributed by atoms with E-state index in [1.165, 1.54) is 12.1 Å². The minimum atomic E-state index is -4.91. The summed E-state index contributed by atoms with van der Waals surface area (Å²) in [5.41, 5.74) is -3.33. The van der Waals surface area contributed by atoms with Gasteiger partial charge >= 0.3 is 12.3 Å². The van der Waals surface area contributed by atoms with E-state index in [0.29, 0.717) is 0 Å². The van der Waals surface area contributed by atoms with Gasteiger partial charge in [0.2, 0.25) is 0 Å². The number of benzene rings is 2. The molecular formula is C18H11Cl3F4N2O3. The Hall–Kier alpha value is -2.23. The molecule has 30 heavy (non-hydrogen) atoms. The summed E-state index contributed by atoms with van der Waals surface area (Å²) in [6.07, 6.45) is -7.04. The number of hydrogen-bond donors (Lipinski definition) is 2. The van der Waals surface area contributed by atoms with Gasteiger partial charge in [-0.3, -0.25) is 0 Å². The molecule has 1 atom stereocenters. The van der Waals surface area contributed by atoms with Gasteiger partial charge in [-0.15, -0.1) is 0 Å².